The molecule has 30 heavy (non-hydrogen) atoms. The Kier molecular flexibility index (Phi) is 6.56. The van der Waals surface area contributed by atoms with E-state index in [0.29, 0.717) is 30.1 Å². The van der Waals surface area contributed by atoms with Crippen LogP contribution in [0.25, 0.3) is 0 Å². The van der Waals surface area contributed by atoms with E-state index in [1.54, 1.807) is 23.1 Å². The third kappa shape index (κ3) is 4.89. The van der Waals surface area contributed by atoms with Crippen molar-refractivity contribution in [2.45, 2.75) is 26.7 Å². The van der Waals surface area contributed by atoms with E-state index in [9.17, 15) is 14.4 Å². The molecule has 0 aromatic heterocycles. The standard InChI is InChI=1S/C22H26N4O4/c1-14-17(6-4-7-19(14)26-11-5-8-22(26)29)23-13-21(28)25-18-12-16(24-15(2)27)9-10-20(18)30-3/h4,6-7,9-10,12,23H,5,8,11,13H2,1-3H3,(H,24,27)(H,25,28). The van der Waals surface area contributed by atoms with E-state index in [2.05, 4.69) is 16.0 Å². The zero-order chi connectivity index (χ0) is 21.7. The van der Waals surface area contributed by atoms with Crippen LogP contribution in [0.5, 0.6) is 5.75 Å². The zero-order valence-electron chi connectivity index (χ0n) is 17.4. The van der Waals surface area contributed by atoms with Gasteiger partial charge in [0, 0.05) is 37.0 Å². The van der Waals surface area contributed by atoms with Gasteiger partial charge in [-0.3, -0.25) is 14.4 Å². The predicted molar refractivity (Wildman–Crippen MR) is 117 cm³/mol. The Morgan fingerprint density at radius 1 is 1.13 bits per heavy atom. The number of hydrogen-bond donors (Lipinski definition) is 3. The van der Waals surface area contributed by atoms with Gasteiger partial charge < -0.3 is 25.6 Å². The number of amides is 3. The SMILES string of the molecule is COc1ccc(NC(C)=O)cc1NC(=O)CNc1cccc(N2CCCC2=O)c1C. The summed E-state index contributed by atoms with van der Waals surface area (Å²) in [5.41, 5.74) is 3.61. The summed E-state index contributed by atoms with van der Waals surface area (Å²) in [6.07, 6.45) is 1.43. The Labute approximate surface area is 175 Å². The lowest BCUT2D eigenvalue weighted by Gasteiger charge is -2.21. The minimum Gasteiger partial charge on any atom is -0.495 e. The van der Waals surface area contributed by atoms with Gasteiger partial charge in [-0.15, -0.1) is 0 Å². The second-order valence-electron chi connectivity index (χ2n) is 7.10. The van der Waals surface area contributed by atoms with Crippen molar-refractivity contribution in [2.24, 2.45) is 0 Å². The van der Waals surface area contributed by atoms with E-state index in [4.69, 9.17) is 4.74 Å². The molecule has 2 aromatic carbocycles. The van der Waals surface area contributed by atoms with E-state index in [1.807, 2.05) is 25.1 Å². The molecule has 3 N–H and O–H groups in total. The predicted octanol–water partition coefficient (Wildman–Crippen LogP) is 3.14. The maximum atomic E-state index is 12.5. The highest BCUT2D eigenvalue weighted by Crippen LogP contribution is 2.30. The number of methoxy groups -OCH3 is 1. The van der Waals surface area contributed by atoms with Gasteiger partial charge in [-0.2, -0.15) is 0 Å². The minimum atomic E-state index is -0.268. The third-order valence-corrected chi connectivity index (χ3v) is 4.90. The van der Waals surface area contributed by atoms with Crippen LogP contribution in [0.2, 0.25) is 0 Å². The number of ether oxygens (including phenoxy) is 1. The van der Waals surface area contributed by atoms with Crippen molar-refractivity contribution in [1.29, 1.82) is 0 Å². The highest BCUT2D eigenvalue weighted by atomic mass is 16.5. The minimum absolute atomic E-state index is 0.0335. The van der Waals surface area contributed by atoms with Crippen LogP contribution in [-0.2, 0) is 14.4 Å². The van der Waals surface area contributed by atoms with E-state index in [1.165, 1.54) is 14.0 Å². The molecule has 0 unspecified atom stereocenters. The van der Waals surface area contributed by atoms with Crippen molar-refractivity contribution in [3.63, 3.8) is 0 Å². The fraction of sp³-hybridized carbons (Fsp3) is 0.318. The molecule has 1 heterocycles. The summed E-state index contributed by atoms with van der Waals surface area (Å²) in [5.74, 6) is 0.142. The fourth-order valence-electron chi connectivity index (χ4n) is 3.47. The lowest BCUT2D eigenvalue weighted by atomic mass is 10.1. The molecule has 3 rings (SSSR count). The van der Waals surface area contributed by atoms with Crippen molar-refractivity contribution in [2.75, 3.05) is 41.0 Å². The monoisotopic (exact) mass is 410 g/mol. The number of nitrogens with one attached hydrogen (secondary N) is 3. The van der Waals surface area contributed by atoms with Gasteiger partial charge in [-0.1, -0.05) is 6.07 Å². The van der Waals surface area contributed by atoms with Gasteiger partial charge in [0.05, 0.1) is 19.3 Å². The van der Waals surface area contributed by atoms with Gasteiger partial charge in [0.15, 0.2) is 0 Å². The van der Waals surface area contributed by atoms with Crippen LogP contribution in [0.4, 0.5) is 22.7 Å². The molecule has 1 aliphatic heterocycles. The van der Waals surface area contributed by atoms with E-state index in [-0.39, 0.29) is 24.3 Å². The zero-order valence-corrected chi connectivity index (χ0v) is 17.4. The average molecular weight is 410 g/mol. The molecule has 0 spiro atoms. The molecule has 1 fully saturated rings. The Morgan fingerprint density at radius 3 is 2.60 bits per heavy atom. The van der Waals surface area contributed by atoms with Crippen LogP contribution in [0.3, 0.4) is 0 Å². The van der Waals surface area contributed by atoms with E-state index in [0.717, 1.165) is 23.4 Å². The molecule has 2 aromatic rings. The Bertz CT molecular complexity index is 974. The second kappa shape index (κ2) is 9.30. The van der Waals surface area contributed by atoms with Gasteiger partial charge in [0.25, 0.3) is 0 Å². The number of nitrogens with zero attached hydrogens (tertiary/aromatic N) is 1. The molecule has 158 valence electrons. The topological polar surface area (TPSA) is 99.8 Å². The number of hydrogen-bond acceptors (Lipinski definition) is 5. The average Bonchev–Trinajstić information content (AvgIpc) is 3.12. The Balaban J connectivity index is 1.68. The first-order chi connectivity index (χ1) is 14.4. The molecule has 1 saturated heterocycles. The summed E-state index contributed by atoms with van der Waals surface area (Å²) in [6.45, 7) is 4.10. The Morgan fingerprint density at radius 2 is 1.93 bits per heavy atom. The second-order valence-corrected chi connectivity index (χ2v) is 7.10. The third-order valence-electron chi connectivity index (χ3n) is 4.90. The maximum absolute atomic E-state index is 12.5. The van der Waals surface area contributed by atoms with Crippen molar-refractivity contribution in [3.8, 4) is 5.75 Å². The molecular weight excluding hydrogens is 384 g/mol. The molecule has 0 aliphatic carbocycles. The summed E-state index contributed by atoms with van der Waals surface area (Å²) in [7, 11) is 1.51. The first-order valence-electron chi connectivity index (χ1n) is 9.78. The number of rotatable bonds is 7. The lowest BCUT2D eigenvalue weighted by Crippen LogP contribution is -2.25. The quantitative estimate of drug-likeness (QED) is 0.651. The smallest absolute Gasteiger partial charge is 0.243 e. The molecule has 0 bridgehead atoms. The lowest BCUT2D eigenvalue weighted by molar-refractivity contribution is -0.117. The first kappa shape index (κ1) is 21.2. The number of anilines is 4. The van der Waals surface area contributed by atoms with Crippen LogP contribution < -0.4 is 25.6 Å². The fourth-order valence-corrected chi connectivity index (χ4v) is 3.47. The summed E-state index contributed by atoms with van der Waals surface area (Å²) < 4.78 is 5.29. The molecule has 0 atom stereocenters. The molecule has 1 aliphatic rings. The number of carbonyl (C=O) groups is 3. The van der Waals surface area contributed by atoms with Crippen LogP contribution >= 0.6 is 0 Å². The molecule has 8 nitrogen and oxygen atoms in total. The van der Waals surface area contributed by atoms with Crippen molar-refractivity contribution < 1.29 is 19.1 Å². The van der Waals surface area contributed by atoms with Crippen LogP contribution in [-0.4, -0.2) is 37.9 Å². The van der Waals surface area contributed by atoms with E-state index >= 15 is 0 Å². The first-order valence-corrected chi connectivity index (χ1v) is 9.78. The Hall–Kier alpha value is -3.55. The van der Waals surface area contributed by atoms with Crippen molar-refractivity contribution in [3.05, 3.63) is 42.0 Å². The largest absolute Gasteiger partial charge is 0.495 e. The summed E-state index contributed by atoms with van der Waals surface area (Å²) >= 11 is 0. The summed E-state index contributed by atoms with van der Waals surface area (Å²) in [5, 5.41) is 8.61. The van der Waals surface area contributed by atoms with Crippen LogP contribution in [0.1, 0.15) is 25.3 Å². The number of carbonyl (C=O) groups excluding carboxylic acids is 3. The van der Waals surface area contributed by atoms with Crippen molar-refractivity contribution in [1.82, 2.24) is 0 Å². The molecule has 0 saturated carbocycles. The van der Waals surface area contributed by atoms with Gasteiger partial charge in [-0.05, 0) is 49.2 Å². The molecular formula is C22H26N4O4. The molecule has 3 amide bonds. The van der Waals surface area contributed by atoms with Gasteiger partial charge in [-0.25, -0.2) is 0 Å². The van der Waals surface area contributed by atoms with Crippen LogP contribution in [0.15, 0.2) is 36.4 Å². The maximum Gasteiger partial charge on any atom is 0.243 e. The molecule has 0 radical (unpaired) electrons. The van der Waals surface area contributed by atoms with Crippen LogP contribution in [0, 0.1) is 6.92 Å². The summed E-state index contributed by atoms with van der Waals surface area (Å²) in [4.78, 5) is 37.6. The highest BCUT2D eigenvalue weighted by molar-refractivity contribution is 5.98. The normalized spacial score (nSPS) is 13.2. The highest BCUT2D eigenvalue weighted by Gasteiger charge is 2.23. The molecule has 8 heteroatoms. The van der Waals surface area contributed by atoms with Crippen molar-refractivity contribution >= 4 is 40.5 Å². The summed E-state index contributed by atoms with van der Waals surface area (Å²) in [6, 6.07) is 10.7. The van der Waals surface area contributed by atoms with Gasteiger partial charge >= 0.3 is 0 Å². The number of benzene rings is 2. The van der Waals surface area contributed by atoms with Gasteiger partial charge in [0.1, 0.15) is 5.75 Å². The van der Waals surface area contributed by atoms with E-state index < -0.39 is 0 Å². The van der Waals surface area contributed by atoms with Gasteiger partial charge in [0.2, 0.25) is 17.7 Å².